The Morgan fingerprint density at radius 2 is 2.33 bits per heavy atom. The maximum Gasteiger partial charge on any atom is 0.0632 e. The molecule has 0 saturated carbocycles. The molecular weight excluding hydrogens is 258 g/mol. The number of ether oxygens (including phenoxy) is 1. The van der Waals surface area contributed by atoms with Gasteiger partial charge in [-0.25, -0.2) is 0 Å². The summed E-state index contributed by atoms with van der Waals surface area (Å²) in [4.78, 5) is 0. The van der Waals surface area contributed by atoms with E-state index in [1.165, 1.54) is 0 Å². The Morgan fingerprint density at radius 1 is 1.53 bits per heavy atom. The molecule has 0 atom stereocenters. The van der Waals surface area contributed by atoms with Gasteiger partial charge in [-0.3, -0.25) is 4.68 Å². The maximum atomic E-state index is 5.30. The number of halogens is 1. The summed E-state index contributed by atoms with van der Waals surface area (Å²) >= 11 is 3.38. The predicted molar refractivity (Wildman–Crippen MR) is 61.8 cm³/mol. The lowest BCUT2D eigenvalue weighted by atomic mass is 10.1. The number of rotatable bonds is 4. The van der Waals surface area contributed by atoms with E-state index < -0.39 is 0 Å². The average Bonchev–Trinajstić information content (AvgIpc) is 2.66. The van der Waals surface area contributed by atoms with Crippen molar-refractivity contribution < 1.29 is 4.74 Å². The highest BCUT2D eigenvalue weighted by molar-refractivity contribution is 9.10. The lowest BCUT2D eigenvalue weighted by Crippen LogP contribution is -2.36. The van der Waals surface area contributed by atoms with Crippen LogP contribution < -0.4 is 5.32 Å². The van der Waals surface area contributed by atoms with E-state index in [0.717, 1.165) is 43.6 Å². The Labute approximate surface area is 98.1 Å². The fourth-order valence-corrected chi connectivity index (χ4v) is 2.07. The van der Waals surface area contributed by atoms with Gasteiger partial charge in [-0.1, -0.05) is 0 Å². The van der Waals surface area contributed by atoms with Gasteiger partial charge in [0.15, 0.2) is 0 Å². The molecule has 1 aliphatic heterocycles. The molecule has 84 valence electrons. The standard InChI is InChI=1S/C10H16BrN3O/c11-9-7-13-14(8-9)4-3-12-10-1-5-15-6-2-10/h7-8,10,12H,1-6H2. The van der Waals surface area contributed by atoms with E-state index in [1.807, 2.05) is 17.1 Å². The number of aromatic nitrogens is 2. The Balaban J connectivity index is 1.65. The molecule has 2 rings (SSSR count). The maximum absolute atomic E-state index is 5.30. The van der Waals surface area contributed by atoms with E-state index in [2.05, 4.69) is 26.3 Å². The summed E-state index contributed by atoms with van der Waals surface area (Å²) in [5, 5.41) is 7.73. The van der Waals surface area contributed by atoms with Gasteiger partial charge in [0.1, 0.15) is 0 Å². The molecule has 0 radical (unpaired) electrons. The van der Waals surface area contributed by atoms with E-state index in [1.54, 1.807) is 0 Å². The number of hydrogen-bond donors (Lipinski definition) is 1. The lowest BCUT2D eigenvalue weighted by molar-refractivity contribution is 0.0778. The van der Waals surface area contributed by atoms with Gasteiger partial charge in [0.25, 0.3) is 0 Å². The molecule has 1 saturated heterocycles. The van der Waals surface area contributed by atoms with Crippen molar-refractivity contribution in [1.82, 2.24) is 15.1 Å². The van der Waals surface area contributed by atoms with Gasteiger partial charge in [-0.2, -0.15) is 5.10 Å². The summed E-state index contributed by atoms with van der Waals surface area (Å²) in [6, 6.07) is 0.623. The Morgan fingerprint density at radius 3 is 3.00 bits per heavy atom. The van der Waals surface area contributed by atoms with Crippen molar-refractivity contribution in [2.45, 2.75) is 25.4 Å². The Kier molecular flexibility index (Phi) is 4.17. The zero-order valence-corrected chi connectivity index (χ0v) is 10.2. The van der Waals surface area contributed by atoms with E-state index in [0.29, 0.717) is 6.04 Å². The smallest absolute Gasteiger partial charge is 0.0632 e. The molecule has 0 spiro atoms. The predicted octanol–water partition coefficient (Wildman–Crippen LogP) is 1.41. The molecule has 2 heterocycles. The van der Waals surface area contributed by atoms with Crippen LogP contribution in [-0.2, 0) is 11.3 Å². The fourth-order valence-electron chi connectivity index (χ4n) is 1.75. The summed E-state index contributed by atoms with van der Waals surface area (Å²) in [6.45, 7) is 3.68. The van der Waals surface area contributed by atoms with Crippen molar-refractivity contribution in [2.24, 2.45) is 0 Å². The van der Waals surface area contributed by atoms with Gasteiger partial charge >= 0.3 is 0 Å². The first-order valence-corrected chi connectivity index (χ1v) is 6.13. The van der Waals surface area contributed by atoms with Gasteiger partial charge in [-0.15, -0.1) is 0 Å². The van der Waals surface area contributed by atoms with Crippen LogP contribution in [0, 0.1) is 0 Å². The Hall–Kier alpha value is -0.390. The molecule has 5 heteroatoms. The molecule has 4 nitrogen and oxygen atoms in total. The summed E-state index contributed by atoms with van der Waals surface area (Å²) < 4.78 is 8.28. The second kappa shape index (κ2) is 5.63. The van der Waals surface area contributed by atoms with Crippen LogP contribution in [0.3, 0.4) is 0 Å². The molecule has 0 amide bonds. The second-order valence-electron chi connectivity index (χ2n) is 3.76. The first-order valence-electron chi connectivity index (χ1n) is 5.34. The molecule has 1 aliphatic rings. The summed E-state index contributed by atoms with van der Waals surface area (Å²) in [6.07, 6.45) is 6.06. The molecule has 1 fully saturated rings. The Bertz CT molecular complexity index is 297. The minimum Gasteiger partial charge on any atom is -0.381 e. The van der Waals surface area contributed by atoms with Gasteiger partial charge in [-0.05, 0) is 28.8 Å². The molecule has 0 unspecified atom stereocenters. The third-order valence-electron chi connectivity index (χ3n) is 2.60. The van der Waals surface area contributed by atoms with E-state index in [4.69, 9.17) is 4.74 Å². The largest absolute Gasteiger partial charge is 0.381 e. The van der Waals surface area contributed by atoms with Crippen molar-refractivity contribution >= 4 is 15.9 Å². The van der Waals surface area contributed by atoms with Crippen LogP contribution in [0.2, 0.25) is 0 Å². The molecule has 0 aromatic carbocycles. The molecule has 15 heavy (non-hydrogen) atoms. The summed E-state index contributed by atoms with van der Waals surface area (Å²) in [5.41, 5.74) is 0. The third kappa shape index (κ3) is 3.59. The SMILES string of the molecule is Brc1cnn(CCNC2CCOCC2)c1. The van der Waals surface area contributed by atoms with E-state index in [-0.39, 0.29) is 0 Å². The van der Waals surface area contributed by atoms with Crippen LogP contribution in [-0.4, -0.2) is 35.6 Å². The van der Waals surface area contributed by atoms with E-state index >= 15 is 0 Å². The highest BCUT2D eigenvalue weighted by Gasteiger charge is 2.12. The monoisotopic (exact) mass is 273 g/mol. The number of nitrogens with one attached hydrogen (secondary N) is 1. The normalized spacial score (nSPS) is 18.2. The number of nitrogens with zero attached hydrogens (tertiary/aromatic N) is 2. The third-order valence-corrected chi connectivity index (χ3v) is 3.01. The fraction of sp³-hybridized carbons (Fsp3) is 0.700. The zero-order valence-electron chi connectivity index (χ0n) is 8.66. The topological polar surface area (TPSA) is 39.1 Å². The quantitative estimate of drug-likeness (QED) is 0.902. The highest BCUT2D eigenvalue weighted by atomic mass is 79.9. The van der Waals surface area contributed by atoms with Crippen LogP contribution >= 0.6 is 15.9 Å². The molecule has 1 aromatic heterocycles. The van der Waals surface area contributed by atoms with Gasteiger partial charge in [0, 0.05) is 32.0 Å². The van der Waals surface area contributed by atoms with Gasteiger partial charge < -0.3 is 10.1 Å². The number of hydrogen-bond acceptors (Lipinski definition) is 3. The van der Waals surface area contributed by atoms with Crippen molar-refractivity contribution in [3.05, 3.63) is 16.9 Å². The summed E-state index contributed by atoms with van der Waals surface area (Å²) in [7, 11) is 0. The molecule has 1 N–H and O–H groups in total. The molecule has 0 bridgehead atoms. The zero-order chi connectivity index (χ0) is 10.5. The minimum absolute atomic E-state index is 0.623. The van der Waals surface area contributed by atoms with Crippen LogP contribution in [0.15, 0.2) is 16.9 Å². The highest BCUT2D eigenvalue weighted by Crippen LogP contribution is 2.07. The van der Waals surface area contributed by atoms with Gasteiger partial charge in [0.2, 0.25) is 0 Å². The van der Waals surface area contributed by atoms with Crippen LogP contribution in [0.4, 0.5) is 0 Å². The molecule has 1 aromatic rings. The molecule has 0 aliphatic carbocycles. The van der Waals surface area contributed by atoms with Crippen LogP contribution in [0.1, 0.15) is 12.8 Å². The first-order chi connectivity index (χ1) is 7.34. The van der Waals surface area contributed by atoms with Crippen molar-refractivity contribution in [2.75, 3.05) is 19.8 Å². The average molecular weight is 274 g/mol. The molecular formula is C10H16BrN3O. The second-order valence-corrected chi connectivity index (χ2v) is 4.68. The first kappa shape index (κ1) is 11.1. The van der Waals surface area contributed by atoms with Gasteiger partial charge in [0.05, 0.1) is 17.2 Å². The van der Waals surface area contributed by atoms with Crippen molar-refractivity contribution in [3.8, 4) is 0 Å². The van der Waals surface area contributed by atoms with Crippen LogP contribution in [0.5, 0.6) is 0 Å². The van der Waals surface area contributed by atoms with Crippen LogP contribution in [0.25, 0.3) is 0 Å². The van der Waals surface area contributed by atoms with Crippen molar-refractivity contribution in [1.29, 1.82) is 0 Å². The summed E-state index contributed by atoms with van der Waals surface area (Å²) in [5.74, 6) is 0. The minimum atomic E-state index is 0.623. The van der Waals surface area contributed by atoms with E-state index in [9.17, 15) is 0 Å². The van der Waals surface area contributed by atoms with Crippen molar-refractivity contribution in [3.63, 3.8) is 0 Å². The lowest BCUT2D eigenvalue weighted by Gasteiger charge is -2.23.